The van der Waals surface area contributed by atoms with Crippen molar-refractivity contribution in [3.05, 3.63) is 33.4 Å². The standard InChI is InChI=1S/C12H13IO2Si/c1-16(2,3)9-8-13-11-7-5-4-6-10(11)12(14)15-13/h4-7H,1-3H3/q-1. The zero-order valence-electron chi connectivity index (χ0n) is 9.50. The van der Waals surface area contributed by atoms with E-state index in [0.717, 1.165) is 9.13 Å². The molecular formula is C12H13IO2Si-. The van der Waals surface area contributed by atoms with E-state index in [4.69, 9.17) is 3.07 Å². The number of benzene rings is 1. The molecule has 0 fully saturated rings. The van der Waals surface area contributed by atoms with E-state index < -0.39 is 28.3 Å². The van der Waals surface area contributed by atoms with Crippen LogP contribution >= 0.6 is 0 Å². The van der Waals surface area contributed by atoms with E-state index in [2.05, 4.69) is 29.1 Å². The van der Waals surface area contributed by atoms with Crippen LogP contribution in [0, 0.1) is 13.0 Å². The van der Waals surface area contributed by atoms with Crippen LogP contribution in [0.1, 0.15) is 10.4 Å². The third-order valence-electron chi connectivity index (χ3n) is 1.93. The van der Waals surface area contributed by atoms with Crippen LogP contribution < -0.4 is 20.2 Å². The van der Waals surface area contributed by atoms with E-state index in [1.807, 2.05) is 24.3 Å². The molecule has 2 rings (SSSR count). The van der Waals surface area contributed by atoms with E-state index in [1.165, 1.54) is 0 Å². The molecule has 0 bridgehead atoms. The van der Waals surface area contributed by atoms with E-state index in [-0.39, 0.29) is 5.97 Å². The SMILES string of the molecule is C[Si](C)(C)C#C[I-]1OC(=O)c2ccccc21. The number of fused-ring (bicyclic) bond motifs is 1. The summed E-state index contributed by atoms with van der Waals surface area (Å²) in [5.41, 5.74) is 4.03. The summed E-state index contributed by atoms with van der Waals surface area (Å²) in [4.78, 5) is 11.6. The third kappa shape index (κ3) is 2.47. The molecule has 0 unspecified atom stereocenters. The molecule has 4 heteroatoms. The Hall–Kier alpha value is -0.803. The molecule has 1 aromatic rings. The van der Waals surface area contributed by atoms with Gasteiger partial charge in [0.15, 0.2) is 0 Å². The fourth-order valence-corrected chi connectivity index (χ4v) is 7.45. The first-order valence-corrected chi connectivity index (χ1v) is 11.6. The Labute approximate surface area is 104 Å². The van der Waals surface area contributed by atoms with Crippen LogP contribution in [0.2, 0.25) is 19.6 Å². The van der Waals surface area contributed by atoms with Gasteiger partial charge in [0, 0.05) is 0 Å². The predicted molar refractivity (Wildman–Crippen MR) is 61.7 cm³/mol. The molecule has 0 aromatic heterocycles. The summed E-state index contributed by atoms with van der Waals surface area (Å²) < 4.78 is 9.68. The molecular weight excluding hydrogens is 331 g/mol. The molecule has 0 atom stereocenters. The molecule has 2 nitrogen and oxygen atoms in total. The van der Waals surface area contributed by atoms with Crippen LogP contribution in [-0.4, -0.2) is 14.0 Å². The van der Waals surface area contributed by atoms with Crippen molar-refractivity contribution in [3.8, 4) is 9.47 Å². The van der Waals surface area contributed by atoms with Crippen LogP contribution in [0.3, 0.4) is 0 Å². The molecule has 0 aliphatic carbocycles. The van der Waals surface area contributed by atoms with Gasteiger partial charge in [0.1, 0.15) is 0 Å². The van der Waals surface area contributed by atoms with Gasteiger partial charge in [-0.25, -0.2) is 0 Å². The maximum absolute atomic E-state index is 11.6. The van der Waals surface area contributed by atoms with Crippen molar-refractivity contribution in [1.29, 1.82) is 0 Å². The van der Waals surface area contributed by atoms with E-state index in [0.29, 0.717) is 0 Å². The van der Waals surface area contributed by atoms with Crippen molar-refractivity contribution in [1.82, 2.24) is 0 Å². The topological polar surface area (TPSA) is 26.3 Å². The second-order valence-corrected chi connectivity index (χ2v) is 12.9. The molecule has 1 aliphatic rings. The molecule has 0 saturated heterocycles. The van der Waals surface area contributed by atoms with Crippen molar-refractivity contribution in [3.63, 3.8) is 0 Å². The predicted octanol–water partition coefficient (Wildman–Crippen LogP) is -0.595. The zero-order valence-corrected chi connectivity index (χ0v) is 12.7. The van der Waals surface area contributed by atoms with E-state index in [9.17, 15) is 4.79 Å². The number of rotatable bonds is 0. The van der Waals surface area contributed by atoms with Gasteiger partial charge in [-0.3, -0.25) is 0 Å². The van der Waals surface area contributed by atoms with Crippen LogP contribution in [0.25, 0.3) is 0 Å². The average molecular weight is 344 g/mol. The summed E-state index contributed by atoms with van der Waals surface area (Å²) in [7, 11) is -1.38. The molecule has 1 aliphatic heterocycles. The Balaban J connectivity index is 2.34. The molecule has 1 aromatic carbocycles. The maximum atomic E-state index is 11.6. The molecule has 1 radical (unpaired) electrons. The van der Waals surface area contributed by atoms with Crippen molar-refractivity contribution in [2.75, 3.05) is 0 Å². The summed E-state index contributed by atoms with van der Waals surface area (Å²) in [6.45, 7) is 6.58. The van der Waals surface area contributed by atoms with E-state index >= 15 is 0 Å². The first-order valence-electron chi connectivity index (χ1n) is 5.02. The van der Waals surface area contributed by atoms with E-state index in [1.54, 1.807) is 0 Å². The Morgan fingerprint density at radius 2 is 1.94 bits per heavy atom. The van der Waals surface area contributed by atoms with Gasteiger partial charge in [0.2, 0.25) is 0 Å². The van der Waals surface area contributed by atoms with Gasteiger partial charge in [-0.15, -0.1) is 0 Å². The third-order valence-corrected chi connectivity index (χ3v) is 6.91. The van der Waals surface area contributed by atoms with Gasteiger partial charge >= 0.3 is 105 Å². The Morgan fingerprint density at radius 3 is 2.62 bits per heavy atom. The molecule has 0 spiro atoms. The van der Waals surface area contributed by atoms with Crippen molar-refractivity contribution in [2.24, 2.45) is 0 Å². The normalized spacial score (nSPS) is 16.2. The van der Waals surface area contributed by atoms with Gasteiger partial charge in [-0.2, -0.15) is 0 Å². The number of carbonyl (C=O) groups excluding carboxylic acids is 1. The quantitative estimate of drug-likeness (QED) is 0.357. The van der Waals surface area contributed by atoms with Gasteiger partial charge in [-0.1, -0.05) is 0 Å². The number of carbonyl (C=O) groups is 1. The summed E-state index contributed by atoms with van der Waals surface area (Å²) in [5.74, 6) is -0.189. The van der Waals surface area contributed by atoms with Crippen LogP contribution in [-0.2, 0) is 3.07 Å². The van der Waals surface area contributed by atoms with Gasteiger partial charge < -0.3 is 0 Å². The van der Waals surface area contributed by atoms with Gasteiger partial charge in [0.25, 0.3) is 0 Å². The fourth-order valence-electron chi connectivity index (χ4n) is 1.18. The van der Waals surface area contributed by atoms with Gasteiger partial charge in [0.05, 0.1) is 0 Å². The molecule has 1 heterocycles. The second kappa shape index (κ2) is 4.22. The molecule has 85 valence electrons. The van der Waals surface area contributed by atoms with Crippen LogP contribution in [0.5, 0.6) is 0 Å². The summed E-state index contributed by atoms with van der Waals surface area (Å²) >= 11 is -2.00. The summed E-state index contributed by atoms with van der Waals surface area (Å²) in [6.07, 6.45) is 0. The molecule has 0 amide bonds. The number of halogens is 1. The molecule has 16 heavy (non-hydrogen) atoms. The number of hydrogen-bond acceptors (Lipinski definition) is 2. The van der Waals surface area contributed by atoms with Crippen molar-refractivity contribution >= 4 is 14.0 Å². The van der Waals surface area contributed by atoms with Crippen LogP contribution in [0.15, 0.2) is 24.3 Å². The zero-order chi connectivity index (χ0) is 11.8. The molecule has 0 N–H and O–H groups in total. The first-order chi connectivity index (χ1) is 7.47. The van der Waals surface area contributed by atoms with Gasteiger partial charge in [-0.05, 0) is 0 Å². The number of hydrogen-bond donors (Lipinski definition) is 0. The Bertz CT molecular complexity index is 494. The Morgan fingerprint density at radius 1 is 1.25 bits per heavy atom. The average Bonchev–Trinajstić information content (AvgIpc) is 2.53. The minimum atomic E-state index is -2.00. The fraction of sp³-hybridized carbons (Fsp3) is 0.250. The second-order valence-electron chi connectivity index (χ2n) is 4.56. The molecule has 0 saturated carbocycles. The van der Waals surface area contributed by atoms with Crippen molar-refractivity contribution in [2.45, 2.75) is 19.6 Å². The monoisotopic (exact) mass is 344 g/mol. The first kappa shape index (κ1) is 11.7. The minimum absolute atomic E-state index is 0.189. The Kier molecular flexibility index (Phi) is 3.08. The summed E-state index contributed by atoms with van der Waals surface area (Å²) in [6, 6.07) is 7.61. The van der Waals surface area contributed by atoms with Crippen LogP contribution in [0.4, 0.5) is 0 Å². The van der Waals surface area contributed by atoms with Crippen molar-refractivity contribution < 1.29 is 28.1 Å². The summed E-state index contributed by atoms with van der Waals surface area (Å²) in [5, 5.41) is 0.